The summed E-state index contributed by atoms with van der Waals surface area (Å²) in [5.74, 6) is 1.24. The van der Waals surface area contributed by atoms with Gasteiger partial charge in [0, 0.05) is 23.6 Å². The summed E-state index contributed by atoms with van der Waals surface area (Å²) < 4.78 is 2.28. The van der Waals surface area contributed by atoms with Crippen molar-refractivity contribution in [2.45, 2.75) is 19.4 Å². The van der Waals surface area contributed by atoms with Crippen LogP contribution in [0, 0.1) is 5.92 Å². The Balaban J connectivity index is 2.06. The molecule has 1 fully saturated rings. The first-order chi connectivity index (χ1) is 6.83. The zero-order valence-electron chi connectivity index (χ0n) is 7.98. The number of nitrogens with zero attached hydrogens (tertiary/aromatic N) is 1. The smallest absolute Gasteiger partial charge is 0.116 e. The third-order valence-corrected chi connectivity index (χ3v) is 2.91. The van der Waals surface area contributed by atoms with Gasteiger partial charge in [-0.2, -0.15) is 0 Å². The Kier molecular flexibility index (Phi) is 1.57. The number of fused-ring (bicyclic) bond motifs is 1. The molecule has 0 aliphatic heterocycles. The van der Waals surface area contributed by atoms with E-state index in [0.29, 0.717) is 5.75 Å². The Morgan fingerprint density at radius 1 is 1.29 bits per heavy atom. The minimum absolute atomic E-state index is 0.349. The zero-order valence-corrected chi connectivity index (χ0v) is 7.98. The van der Waals surface area contributed by atoms with Crippen molar-refractivity contribution in [3.05, 3.63) is 30.5 Å². The Hall–Kier alpha value is -1.44. The van der Waals surface area contributed by atoms with Crippen molar-refractivity contribution in [1.82, 2.24) is 4.57 Å². The molecule has 0 saturated heterocycles. The molecular weight excluding hydrogens is 174 g/mol. The first-order valence-corrected chi connectivity index (χ1v) is 5.11. The molecule has 1 heterocycles. The van der Waals surface area contributed by atoms with Crippen LogP contribution in [0.3, 0.4) is 0 Å². The molecule has 0 unspecified atom stereocenters. The number of benzene rings is 1. The molecule has 2 aromatic rings. The first-order valence-electron chi connectivity index (χ1n) is 5.11. The van der Waals surface area contributed by atoms with Crippen LogP contribution in [0.2, 0.25) is 0 Å². The minimum Gasteiger partial charge on any atom is -0.508 e. The molecule has 0 bridgehead atoms. The highest BCUT2D eigenvalue weighted by molar-refractivity contribution is 5.81. The Morgan fingerprint density at radius 2 is 2.14 bits per heavy atom. The lowest BCUT2D eigenvalue weighted by Gasteiger charge is -2.03. The molecule has 0 atom stereocenters. The normalized spacial score (nSPS) is 16.3. The molecule has 72 valence electrons. The van der Waals surface area contributed by atoms with Crippen LogP contribution in [-0.4, -0.2) is 9.67 Å². The molecule has 1 saturated carbocycles. The van der Waals surface area contributed by atoms with Crippen LogP contribution in [0.15, 0.2) is 30.5 Å². The van der Waals surface area contributed by atoms with Crippen molar-refractivity contribution in [3.63, 3.8) is 0 Å². The van der Waals surface area contributed by atoms with Gasteiger partial charge in [-0.25, -0.2) is 0 Å². The molecule has 1 aromatic carbocycles. The monoisotopic (exact) mass is 187 g/mol. The largest absolute Gasteiger partial charge is 0.508 e. The van der Waals surface area contributed by atoms with Gasteiger partial charge >= 0.3 is 0 Å². The number of aromatic nitrogens is 1. The van der Waals surface area contributed by atoms with Gasteiger partial charge in [-0.3, -0.25) is 0 Å². The number of phenolic OH excluding ortho intramolecular Hbond substituents is 1. The van der Waals surface area contributed by atoms with E-state index < -0.39 is 0 Å². The van der Waals surface area contributed by atoms with Gasteiger partial charge in [-0.15, -0.1) is 0 Å². The average Bonchev–Trinajstić information content (AvgIpc) is 2.89. The van der Waals surface area contributed by atoms with Gasteiger partial charge in [-0.1, -0.05) is 0 Å². The lowest BCUT2D eigenvalue weighted by molar-refractivity contribution is 0.476. The van der Waals surface area contributed by atoms with Crippen LogP contribution < -0.4 is 0 Å². The fraction of sp³-hybridized carbons (Fsp3) is 0.333. The molecule has 0 spiro atoms. The van der Waals surface area contributed by atoms with E-state index in [2.05, 4.69) is 16.8 Å². The maximum Gasteiger partial charge on any atom is 0.116 e. The summed E-state index contributed by atoms with van der Waals surface area (Å²) in [4.78, 5) is 0. The van der Waals surface area contributed by atoms with Gasteiger partial charge in [0.2, 0.25) is 0 Å². The van der Waals surface area contributed by atoms with E-state index in [1.807, 2.05) is 12.1 Å². The van der Waals surface area contributed by atoms with E-state index in [9.17, 15) is 5.11 Å². The first kappa shape index (κ1) is 7.92. The van der Waals surface area contributed by atoms with E-state index in [0.717, 1.165) is 17.8 Å². The molecule has 1 N–H and O–H groups in total. The van der Waals surface area contributed by atoms with Gasteiger partial charge in [0.1, 0.15) is 5.75 Å². The van der Waals surface area contributed by atoms with Gasteiger partial charge in [0.15, 0.2) is 0 Å². The van der Waals surface area contributed by atoms with Crippen LogP contribution in [0.4, 0.5) is 0 Å². The summed E-state index contributed by atoms with van der Waals surface area (Å²) in [6.07, 6.45) is 4.86. The number of hydrogen-bond acceptors (Lipinski definition) is 1. The van der Waals surface area contributed by atoms with Crippen molar-refractivity contribution in [1.29, 1.82) is 0 Å². The number of hydrogen-bond donors (Lipinski definition) is 1. The Morgan fingerprint density at radius 3 is 2.93 bits per heavy atom. The van der Waals surface area contributed by atoms with E-state index in [-0.39, 0.29) is 0 Å². The van der Waals surface area contributed by atoms with E-state index in [1.54, 1.807) is 6.07 Å². The summed E-state index contributed by atoms with van der Waals surface area (Å²) in [5, 5.41) is 10.5. The third-order valence-electron chi connectivity index (χ3n) is 2.91. The van der Waals surface area contributed by atoms with E-state index in [1.165, 1.54) is 18.4 Å². The Bertz CT molecular complexity index is 468. The standard InChI is InChI=1S/C12H13NO/c14-11-3-4-12-10(7-11)5-6-13(12)8-9-1-2-9/h3-7,9,14H,1-2,8H2. The lowest BCUT2D eigenvalue weighted by atomic mass is 10.2. The van der Waals surface area contributed by atoms with E-state index >= 15 is 0 Å². The van der Waals surface area contributed by atoms with Crippen LogP contribution in [0.5, 0.6) is 5.75 Å². The highest BCUT2D eigenvalue weighted by atomic mass is 16.3. The van der Waals surface area contributed by atoms with Crippen LogP contribution >= 0.6 is 0 Å². The molecule has 0 amide bonds. The van der Waals surface area contributed by atoms with Crippen LogP contribution in [-0.2, 0) is 6.54 Å². The molecule has 1 aliphatic carbocycles. The zero-order chi connectivity index (χ0) is 9.54. The minimum atomic E-state index is 0.349. The van der Waals surface area contributed by atoms with Crippen LogP contribution in [0.25, 0.3) is 10.9 Å². The summed E-state index contributed by atoms with van der Waals surface area (Å²) in [6.45, 7) is 1.13. The molecule has 2 heteroatoms. The van der Waals surface area contributed by atoms with E-state index in [4.69, 9.17) is 0 Å². The van der Waals surface area contributed by atoms with Gasteiger partial charge < -0.3 is 9.67 Å². The van der Waals surface area contributed by atoms with Crippen molar-refractivity contribution >= 4 is 10.9 Å². The lowest BCUT2D eigenvalue weighted by Crippen LogP contribution is -1.96. The molecule has 14 heavy (non-hydrogen) atoms. The fourth-order valence-electron chi connectivity index (χ4n) is 1.93. The second-order valence-electron chi connectivity index (χ2n) is 4.15. The molecule has 3 rings (SSSR count). The van der Waals surface area contributed by atoms with Crippen LogP contribution in [0.1, 0.15) is 12.8 Å². The predicted octanol–water partition coefficient (Wildman–Crippen LogP) is 2.76. The number of aromatic hydroxyl groups is 1. The Labute approximate surface area is 82.8 Å². The topological polar surface area (TPSA) is 25.2 Å². The van der Waals surface area contributed by atoms with Crippen molar-refractivity contribution in [3.8, 4) is 5.75 Å². The second-order valence-corrected chi connectivity index (χ2v) is 4.15. The number of phenols is 1. The molecular formula is C12H13NO. The van der Waals surface area contributed by atoms with Gasteiger partial charge in [0.05, 0.1) is 0 Å². The quantitative estimate of drug-likeness (QED) is 0.768. The maximum atomic E-state index is 9.32. The highest BCUT2D eigenvalue weighted by Crippen LogP contribution is 2.32. The molecule has 1 aliphatic rings. The summed E-state index contributed by atoms with van der Waals surface area (Å²) in [5.41, 5.74) is 1.23. The third kappa shape index (κ3) is 1.27. The molecule has 0 radical (unpaired) electrons. The number of rotatable bonds is 2. The summed E-state index contributed by atoms with van der Waals surface area (Å²) in [7, 11) is 0. The SMILES string of the molecule is Oc1ccc2c(ccn2CC2CC2)c1. The second kappa shape index (κ2) is 2.77. The molecule has 1 aromatic heterocycles. The summed E-state index contributed by atoms with van der Waals surface area (Å²) >= 11 is 0. The maximum absolute atomic E-state index is 9.32. The van der Waals surface area contributed by atoms with Gasteiger partial charge in [0.25, 0.3) is 0 Å². The predicted molar refractivity (Wildman–Crippen MR) is 56.3 cm³/mol. The molecule has 2 nitrogen and oxygen atoms in total. The van der Waals surface area contributed by atoms with Gasteiger partial charge in [-0.05, 0) is 43.0 Å². The van der Waals surface area contributed by atoms with Crippen molar-refractivity contribution < 1.29 is 5.11 Å². The van der Waals surface area contributed by atoms with Crippen molar-refractivity contribution in [2.75, 3.05) is 0 Å². The highest BCUT2D eigenvalue weighted by Gasteiger charge is 2.21. The average molecular weight is 187 g/mol. The fourth-order valence-corrected chi connectivity index (χ4v) is 1.93. The summed E-state index contributed by atoms with van der Waals surface area (Å²) in [6, 6.07) is 7.63. The van der Waals surface area contributed by atoms with Crippen molar-refractivity contribution in [2.24, 2.45) is 5.92 Å².